The van der Waals surface area contributed by atoms with Gasteiger partial charge in [-0.05, 0) is 24.3 Å². The van der Waals surface area contributed by atoms with Gasteiger partial charge in [-0.1, -0.05) is 24.3 Å². The zero-order chi connectivity index (χ0) is 15.5. The van der Waals surface area contributed by atoms with E-state index in [4.69, 9.17) is 0 Å². The highest BCUT2D eigenvalue weighted by Gasteiger charge is 2.34. The van der Waals surface area contributed by atoms with E-state index in [0.717, 1.165) is 11.0 Å². The van der Waals surface area contributed by atoms with Crippen LogP contribution < -0.4 is 0 Å². The van der Waals surface area contributed by atoms with Crippen LogP contribution in [0.4, 0.5) is 17.6 Å². The molecule has 0 aromatic heterocycles. The average Bonchev–Trinajstić information content (AvgIpc) is 2.44. The van der Waals surface area contributed by atoms with Gasteiger partial charge in [0.15, 0.2) is 5.78 Å². The number of hydrogen-bond acceptors (Lipinski definition) is 2. The van der Waals surface area contributed by atoms with Crippen molar-refractivity contribution in [3.8, 4) is 0 Å². The van der Waals surface area contributed by atoms with E-state index in [0.29, 0.717) is 12.1 Å². The lowest BCUT2D eigenvalue weighted by Crippen LogP contribution is -2.10. The van der Waals surface area contributed by atoms with Gasteiger partial charge in [0.25, 0.3) is 0 Å². The number of carbonyl (C=O) groups excluding carboxylic acids is 1. The Morgan fingerprint density at radius 3 is 2.29 bits per heavy atom. The average molecular weight is 314 g/mol. The number of benzene rings is 2. The maximum absolute atomic E-state index is 13.4. The van der Waals surface area contributed by atoms with E-state index < -0.39 is 23.3 Å². The minimum Gasteiger partial charge on any atom is -0.293 e. The summed E-state index contributed by atoms with van der Waals surface area (Å²) < 4.78 is 50.7. The van der Waals surface area contributed by atoms with Crippen LogP contribution in [-0.2, 0) is 6.18 Å². The Hall–Kier alpha value is -1.82. The Morgan fingerprint density at radius 2 is 1.71 bits per heavy atom. The predicted octanol–water partition coefficient (Wildman–Crippen LogP) is 4.82. The molecule has 0 atom stereocenters. The molecule has 0 radical (unpaired) electrons. The number of ketones is 1. The van der Waals surface area contributed by atoms with Crippen LogP contribution in [0, 0.1) is 5.82 Å². The second-order valence-corrected chi connectivity index (χ2v) is 5.27. The van der Waals surface area contributed by atoms with E-state index in [9.17, 15) is 22.4 Å². The van der Waals surface area contributed by atoms with Crippen LogP contribution >= 0.6 is 11.8 Å². The molecule has 6 heteroatoms. The van der Waals surface area contributed by atoms with Gasteiger partial charge in [0, 0.05) is 10.5 Å². The highest BCUT2D eigenvalue weighted by molar-refractivity contribution is 8.00. The summed E-state index contributed by atoms with van der Waals surface area (Å²) in [7, 11) is 0. The fraction of sp³-hybridized carbons (Fsp3) is 0.133. The second-order valence-electron chi connectivity index (χ2n) is 4.22. The summed E-state index contributed by atoms with van der Waals surface area (Å²) in [6, 6.07) is 11.3. The molecule has 0 aliphatic heterocycles. The lowest BCUT2D eigenvalue weighted by molar-refractivity contribution is -0.140. The standard InChI is InChI=1S/C15H10F4OS/c16-13-8-10(6-7-12(13)15(17,18)19)14(20)9-21-11-4-2-1-3-5-11/h1-8H,9H2. The molecule has 0 amide bonds. The third kappa shape index (κ3) is 4.07. The quantitative estimate of drug-likeness (QED) is 0.457. The molecule has 110 valence electrons. The van der Waals surface area contributed by atoms with Gasteiger partial charge in [-0.15, -0.1) is 11.8 Å². The summed E-state index contributed by atoms with van der Waals surface area (Å²) in [6.07, 6.45) is -4.76. The largest absolute Gasteiger partial charge is 0.419 e. The van der Waals surface area contributed by atoms with Crippen molar-refractivity contribution in [3.05, 3.63) is 65.5 Å². The molecule has 0 unspecified atom stereocenters. The highest BCUT2D eigenvalue weighted by atomic mass is 32.2. The van der Waals surface area contributed by atoms with E-state index in [-0.39, 0.29) is 11.3 Å². The molecule has 0 saturated carbocycles. The first-order valence-electron chi connectivity index (χ1n) is 5.96. The molecule has 2 aromatic carbocycles. The van der Waals surface area contributed by atoms with Crippen LogP contribution in [-0.4, -0.2) is 11.5 Å². The fourth-order valence-electron chi connectivity index (χ4n) is 1.67. The van der Waals surface area contributed by atoms with Crippen LogP contribution in [0.1, 0.15) is 15.9 Å². The number of carbonyl (C=O) groups is 1. The fourth-order valence-corrected chi connectivity index (χ4v) is 2.48. The van der Waals surface area contributed by atoms with Crippen LogP contribution in [0.3, 0.4) is 0 Å². The third-order valence-electron chi connectivity index (χ3n) is 2.71. The second kappa shape index (κ2) is 6.30. The van der Waals surface area contributed by atoms with Gasteiger partial charge in [0.05, 0.1) is 11.3 Å². The van der Waals surface area contributed by atoms with Crippen molar-refractivity contribution in [1.82, 2.24) is 0 Å². The van der Waals surface area contributed by atoms with Crippen LogP contribution in [0.15, 0.2) is 53.4 Å². The molecule has 2 aromatic rings. The number of thioether (sulfide) groups is 1. The number of alkyl halides is 3. The molecule has 21 heavy (non-hydrogen) atoms. The van der Waals surface area contributed by atoms with Gasteiger partial charge < -0.3 is 0 Å². The first-order valence-corrected chi connectivity index (χ1v) is 6.94. The Morgan fingerprint density at radius 1 is 1.05 bits per heavy atom. The molecular formula is C15H10F4OS. The summed E-state index contributed by atoms with van der Waals surface area (Å²) in [4.78, 5) is 12.7. The van der Waals surface area contributed by atoms with E-state index in [1.807, 2.05) is 30.3 Å². The molecule has 0 N–H and O–H groups in total. The van der Waals surface area contributed by atoms with Crippen LogP contribution in [0.2, 0.25) is 0 Å². The summed E-state index contributed by atoms with van der Waals surface area (Å²) in [5, 5.41) is 0. The number of Topliss-reactive ketones (excluding diaryl/α,β-unsaturated/α-hetero) is 1. The van der Waals surface area contributed by atoms with E-state index >= 15 is 0 Å². The monoisotopic (exact) mass is 314 g/mol. The van der Waals surface area contributed by atoms with Gasteiger partial charge in [-0.2, -0.15) is 13.2 Å². The van der Waals surface area contributed by atoms with Crippen molar-refractivity contribution < 1.29 is 22.4 Å². The molecule has 0 spiro atoms. The van der Waals surface area contributed by atoms with Crippen molar-refractivity contribution in [2.24, 2.45) is 0 Å². The Kier molecular flexibility index (Phi) is 4.67. The zero-order valence-electron chi connectivity index (χ0n) is 10.7. The maximum Gasteiger partial charge on any atom is 0.419 e. The Balaban J connectivity index is 2.08. The van der Waals surface area contributed by atoms with Crippen LogP contribution in [0.25, 0.3) is 0 Å². The molecule has 1 nitrogen and oxygen atoms in total. The molecule has 0 bridgehead atoms. The zero-order valence-corrected chi connectivity index (χ0v) is 11.5. The normalized spacial score (nSPS) is 11.4. The number of rotatable bonds is 4. The Bertz CT molecular complexity index is 638. The topological polar surface area (TPSA) is 17.1 Å². The smallest absolute Gasteiger partial charge is 0.293 e. The summed E-state index contributed by atoms with van der Waals surface area (Å²) in [5.74, 6) is -1.82. The Labute approximate surface area is 123 Å². The minimum absolute atomic E-state index is 0.0365. The van der Waals surface area contributed by atoms with Gasteiger partial charge in [0.1, 0.15) is 5.82 Å². The first-order chi connectivity index (χ1) is 9.88. The van der Waals surface area contributed by atoms with Crippen molar-refractivity contribution in [2.45, 2.75) is 11.1 Å². The van der Waals surface area contributed by atoms with Crippen molar-refractivity contribution in [1.29, 1.82) is 0 Å². The maximum atomic E-state index is 13.4. The number of hydrogen-bond donors (Lipinski definition) is 0. The highest BCUT2D eigenvalue weighted by Crippen LogP contribution is 2.31. The number of halogens is 4. The van der Waals surface area contributed by atoms with Crippen molar-refractivity contribution in [3.63, 3.8) is 0 Å². The van der Waals surface area contributed by atoms with Gasteiger partial charge >= 0.3 is 6.18 Å². The first kappa shape index (κ1) is 15.6. The third-order valence-corrected chi connectivity index (χ3v) is 3.72. The molecule has 2 rings (SSSR count). The SMILES string of the molecule is O=C(CSc1ccccc1)c1ccc(C(F)(F)F)c(F)c1. The molecule has 0 saturated heterocycles. The van der Waals surface area contributed by atoms with Crippen molar-refractivity contribution in [2.75, 3.05) is 5.75 Å². The molecule has 0 heterocycles. The lowest BCUT2D eigenvalue weighted by atomic mass is 10.1. The lowest BCUT2D eigenvalue weighted by Gasteiger charge is -2.09. The van der Waals surface area contributed by atoms with Crippen molar-refractivity contribution >= 4 is 17.5 Å². The van der Waals surface area contributed by atoms with E-state index in [1.54, 1.807) is 0 Å². The molecular weight excluding hydrogens is 304 g/mol. The summed E-state index contributed by atoms with van der Waals surface area (Å²) in [5.41, 5.74) is -1.43. The van der Waals surface area contributed by atoms with Gasteiger partial charge in [-0.3, -0.25) is 4.79 Å². The van der Waals surface area contributed by atoms with E-state index in [1.165, 1.54) is 11.8 Å². The minimum atomic E-state index is -4.76. The molecule has 0 aliphatic rings. The van der Waals surface area contributed by atoms with Gasteiger partial charge in [-0.25, -0.2) is 4.39 Å². The van der Waals surface area contributed by atoms with E-state index in [2.05, 4.69) is 0 Å². The molecule has 0 aliphatic carbocycles. The van der Waals surface area contributed by atoms with Gasteiger partial charge in [0.2, 0.25) is 0 Å². The molecule has 0 fully saturated rings. The summed E-state index contributed by atoms with van der Waals surface area (Å²) >= 11 is 1.24. The van der Waals surface area contributed by atoms with Crippen LogP contribution in [0.5, 0.6) is 0 Å². The predicted molar refractivity (Wildman–Crippen MR) is 72.9 cm³/mol. The summed E-state index contributed by atoms with van der Waals surface area (Å²) in [6.45, 7) is 0.